The van der Waals surface area contributed by atoms with Gasteiger partial charge in [0.25, 0.3) is 0 Å². The van der Waals surface area contributed by atoms with Gasteiger partial charge in [-0.25, -0.2) is 4.98 Å². The van der Waals surface area contributed by atoms with E-state index in [1.165, 1.54) is 21.1 Å². The van der Waals surface area contributed by atoms with Crippen LogP contribution >= 0.6 is 27.3 Å². The Labute approximate surface area is 140 Å². The van der Waals surface area contributed by atoms with Gasteiger partial charge in [0.2, 0.25) is 0 Å². The van der Waals surface area contributed by atoms with Gasteiger partial charge in [-0.05, 0) is 36.6 Å². The molecule has 0 amide bonds. The molecule has 0 aliphatic carbocycles. The van der Waals surface area contributed by atoms with Crippen LogP contribution in [0.1, 0.15) is 41.9 Å². The maximum atomic E-state index is 4.81. The Hall–Kier alpha value is -0.710. The molecule has 0 saturated heterocycles. The minimum atomic E-state index is 0.684. The largest absolute Gasteiger partial charge is 0.312 e. The summed E-state index contributed by atoms with van der Waals surface area (Å²) in [6.45, 7) is 8.65. The van der Waals surface area contributed by atoms with E-state index < -0.39 is 0 Å². The third-order valence-corrected chi connectivity index (χ3v) is 4.83. The van der Waals surface area contributed by atoms with Gasteiger partial charge in [-0.15, -0.1) is 11.3 Å². The van der Waals surface area contributed by atoms with Crippen molar-refractivity contribution < 1.29 is 0 Å². The standard InChI is InChI=1S/C17H23BrN2S/c1-4-15-16(11-19-10-12(2)3)21-17(20-15)9-13-6-5-7-14(18)8-13/h5-8,12,19H,4,9-11H2,1-3H3. The molecule has 0 unspecified atom stereocenters. The molecule has 1 heterocycles. The molecule has 0 fully saturated rings. The van der Waals surface area contributed by atoms with Gasteiger partial charge >= 0.3 is 0 Å². The van der Waals surface area contributed by atoms with Crippen LogP contribution in [-0.4, -0.2) is 11.5 Å². The van der Waals surface area contributed by atoms with Crippen molar-refractivity contribution in [1.82, 2.24) is 10.3 Å². The summed E-state index contributed by atoms with van der Waals surface area (Å²) in [5.74, 6) is 0.684. The number of aromatic nitrogens is 1. The van der Waals surface area contributed by atoms with Crippen molar-refractivity contribution in [3.05, 3.63) is 49.9 Å². The second-order valence-corrected chi connectivity index (χ2v) is 7.75. The summed E-state index contributed by atoms with van der Waals surface area (Å²) in [7, 11) is 0. The molecule has 114 valence electrons. The molecule has 2 aromatic rings. The number of halogens is 1. The predicted octanol–water partition coefficient (Wildman–Crippen LogP) is 4.80. The smallest absolute Gasteiger partial charge is 0.0975 e. The van der Waals surface area contributed by atoms with E-state index in [2.05, 4.69) is 66.3 Å². The van der Waals surface area contributed by atoms with Crippen LogP contribution in [0.25, 0.3) is 0 Å². The number of benzene rings is 1. The summed E-state index contributed by atoms with van der Waals surface area (Å²) < 4.78 is 1.13. The molecular weight excluding hydrogens is 344 g/mol. The van der Waals surface area contributed by atoms with Gasteiger partial charge < -0.3 is 5.32 Å². The first-order valence-electron chi connectivity index (χ1n) is 7.51. The first-order valence-corrected chi connectivity index (χ1v) is 9.12. The molecule has 0 aliphatic rings. The predicted molar refractivity (Wildman–Crippen MR) is 95.0 cm³/mol. The van der Waals surface area contributed by atoms with E-state index >= 15 is 0 Å². The Morgan fingerprint density at radius 2 is 2.14 bits per heavy atom. The SMILES string of the molecule is CCc1nc(Cc2cccc(Br)c2)sc1CNCC(C)C. The molecule has 2 rings (SSSR count). The Morgan fingerprint density at radius 1 is 1.33 bits per heavy atom. The van der Waals surface area contributed by atoms with Crippen LogP contribution in [0.2, 0.25) is 0 Å². The number of aryl methyl sites for hydroxylation is 1. The summed E-state index contributed by atoms with van der Waals surface area (Å²) in [4.78, 5) is 6.21. The van der Waals surface area contributed by atoms with Crippen molar-refractivity contribution in [2.24, 2.45) is 5.92 Å². The number of rotatable bonds is 7. The normalized spacial score (nSPS) is 11.3. The van der Waals surface area contributed by atoms with E-state index in [-0.39, 0.29) is 0 Å². The fourth-order valence-corrected chi connectivity index (χ4v) is 3.83. The molecule has 21 heavy (non-hydrogen) atoms. The molecule has 4 heteroatoms. The molecule has 0 spiro atoms. The number of hydrogen-bond donors (Lipinski definition) is 1. The van der Waals surface area contributed by atoms with E-state index in [0.29, 0.717) is 5.92 Å². The Bertz CT molecular complexity index is 578. The fourth-order valence-electron chi connectivity index (χ4n) is 2.22. The summed E-state index contributed by atoms with van der Waals surface area (Å²) in [6, 6.07) is 8.47. The molecule has 0 saturated carbocycles. The quantitative estimate of drug-likeness (QED) is 0.760. The van der Waals surface area contributed by atoms with Crippen molar-refractivity contribution >= 4 is 27.3 Å². The maximum absolute atomic E-state index is 4.81. The second kappa shape index (κ2) is 8.06. The van der Waals surface area contributed by atoms with Crippen LogP contribution in [-0.2, 0) is 19.4 Å². The average molecular weight is 367 g/mol. The van der Waals surface area contributed by atoms with Crippen LogP contribution in [0.4, 0.5) is 0 Å². The Balaban J connectivity index is 2.05. The third kappa shape index (κ3) is 5.20. The Kier molecular flexibility index (Phi) is 6.40. The van der Waals surface area contributed by atoms with Crippen molar-refractivity contribution in [2.75, 3.05) is 6.54 Å². The van der Waals surface area contributed by atoms with Crippen molar-refractivity contribution in [2.45, 2.75) is 40.2 Å². The van der Waals surface area contributed by atoms with Gasteiger partial charge in [0.15, 0.2) is 0 Å². The highest BCUT2D eigenvalue weighted by atomic mass is 79.9. The van der Waals surface area contributed by atoms with Gasteiger partial charge in [0.05, 0.1) is 10.7 Å². The van der Waals surface area contributed by atoms with E-state index in [1.54, 1.807) is 0 Å². The lowest BCUT2D eigenvalue weighted by Gasteiger charge is -2.06. The van der Waals surface area contributed by atoms with Gasteiger partial charge in [-0.1, -0.05) is 48.8 Å². The van der Waals surface area contributed by atoms with Crippen LogP contribution in [0, 0.1) is 5.92 Å². The van der Waals surface area contributed by atoms with E-state index in [4.69, 9.17) is 4.98 Å². The minimum Gasteiger partial charge on any atom is -0.312 e. The second-order valence-electron chi connectivity index (χ2n) is 5.66. The first kappa shape index (κ1) is 16.7. The molecule has 0 aliphatic heterocycles. The monoisotopic (exact) mass is 366 g/mol. The number of thiazole rings is 1. The van der Waals surface area contributed by atoms with E-state index in [1.807, 2.05) is 11.3 Å². The highest BCUT2D eigenvalue weighted by Crippen LogP contribution is 2.23. The number of nitrogens with one attached hydrogen (secondary N) is 1. The van der Waals surface area contributed by atoms with Crippen molar-refractivity contribution in [1.29, 1.82) is 0 Å². The molecule has 1 aromatic heterocycles. The number of nitrogens with zero attached hydrogens (tertiary/aromatic N) is 1. The lowest BCUT2D eigenvalue weighted by Crippen LogP contribution is -2.18. The van der Waals surface area contributed by atoms with Crippen molar-refractivity contribution in [3.63, 3.8) is 0 Å². The first-order chi connectivity index (χ1) is 10.1. The third-order valence-electron chi connectivity index (χ3n) is 3.24. The zero-order chi connectivity index (χ0) is 15.2. The number of hydrogen-bond acceptors (Lipinski definition) is 3. The van der Waals surface area contributed by atoms with Crippen LogP contribution in [0.15, 0.2) is 28.7 Å². The highest BCUT2D eigenvalue weighted by molar-refractivity contribution is 9.10. The summed E-state index contributed by atoms with van der Waals surface area (Å²) >= 11 is 5.38. The van der Waals surface area contributed by atoms with Gasteiger partial charge in [0, 0.05) is 22.3 Å². The minimum absolute atomic E-state index is 0.684. The molecule has 0 radical (unpaired) electrons. The zero-order valence-corrected chi connectivity index (χ0v) is 15.4. The lowest BCUT2D eigenvalue weighted by atomic mass is 10.2. The van der Waals surface area contributed by atoms with Gasteiger partial charge in [-0.2, -0.15) is 0 Å². The van der Waals surface area contributed by atoms with Crippen LogP contribution in [0.3, 0.4) is 0 Å². The Morgan fingerprint density at radius 3 is 2.81 bits per heavy atom. The van der Waals surface area contributed by atoms with Crippen LogP contribution < -0.4 is 5.32 Å². The molecule has 0 bridgehead atoms. The zero-order valence-electron chi connectivity index (χ0n) is 12.9. The summed E-state index contributed by atoms with van der Waals surface area (Å²) in [5.41, 5.74) is 2.56. The van der Waals surface area contributed by atoms with E-state index in [0.717, 1.165) is 30.4 Å². The molecule has 0 atom stereocenters. The van der Waals surface area contributed by atoms with Gasteiger partial charge in [-0.3, -0.25) is 0 Å². The average Bonchev–Trinajstić information content (AvgIpc) is 2.80. The summed E-state index contributed by atoms with van der Waals surface area (Å²) in [6.07, 6.45) is 1.93. The lowest BCUT2D eigenvalue weighted by molar-refractivity contribution is 0.553. The molecule has 2 nitrogen and oxygen atoms in total. The highest BCUT2D eigenvalue weighted by Gasteiger charge is 2.10. The topological polar surface area (TPSA) is 24.9 Å². The van der Waals surface area contributed by atoms with E-state index in [9.17, 15) is 0 Å². The molecular formula is C17H23BrN2S. The van der Waals surface area contributed by atoms with Gasteiger partial charge in [0.1, 0.15) is 0 Å². The summed E-state index contributed by atoms with van der Waals surface area (Å²) in [5, 5.41) is 4.74. The molecule has 1 N–H and O–H groups in total. The van der Waals surface area contributed by atoms with Crippen molar-refractivity contribution in [3.8, 4) is 0 Å². The maximum Gasteiger partial charge on any atom is 0.0975 e. The fraction of sp³-hybridized carbons (Fsp3) is 0.471. The van der Waals surface area contributed by atoms with Crippen LogP contribution in [0.5, 0.6) is 0 Å². The molecule has 1 aromatic carbocycles.